The normalized spacial score (nSPS) is 15.8. The Morgan fingerprint density at radius 1 is 1.20 bits per heavy atom. The standard InChI is InChI=1S/C23H18ClN3O3/c1-12-16(24)7-5-8-17(12)27-23-21(13(2)26-27)15(11-20(28)25-23)22(29)19-10-14-6-3-4-9-18(14)30-19/h3-10,15H,11H2,1-2H3,(H,25,28)/t15-/m1/s1. The molecule has 2 aromatic carbocycles. The summed E-state index contributed by atoms with van der Waals surface area (Å²) in [5.41, 5.74) is 3.62. The fourth-order valence-electron chi connectivity index (χ4n) is 4.05. The van der Waals surface area contributed by atoms with E-state index in [2.05, 4.69) is 10.4 Å². The first-order valence-electron chi connectivity index (χ1n) is 9.61. The van der Waals surface area contributed by atoms with Crippen LogP contribution in [0.25, 0.3) is 16.7 Å². The molecule has 6 nitrogen and oxygen atoms in total. The van der Waals surface area contributed by atoms with E-state index in [9.17, 15) is 9.59 Å². The molecular formula is C23H18ClN3O3. The average Bonchev–Trinajstić information content (AvgIpc) is 3.30. The Kier molecular flexibility index (Phi) is 4.25. The molecular weight excluding hydrogens is 402 g/mol. The summed E-state index contributed by atoms with van der Waals surface area (Å²) >= 11 is 6.29. The van der Waals surface area contributed by atoms with Gasteiger partial charge in [0.25, 0.3) is 0 Å². The minimum Gasteiger partial charge on any atom is -0.453 e. The van der Waals surface area contributed by atoms with Crippen LogP contribution in [0.5, 0.6) is 0 Å². The summed E-state index contributed by atoms with van der Waals surface area (Å²) in [5.74, 6) is -0.385. The number of benzene rings is 2. The number of hydrogen-bond donors (Lipinski definition) is 1. The maximum atomic E-state index is 13.4. The summed E-state index contributed by atoms with van der Waals surface area (Å²) in [6.45, 7) is 3.73. The molecule has 0 bridgehead atoms. The number of nitrogens with zero attached hydrogens (tertiary/aromatic N) is 2. The van der Waals surface area contributed by atoms with Crippen molar-refractivity contribution in [1.82, 2.24) is 9.78 Å². The van der Waals surface area contributed by atoms with Crippen LogP contribution in [0.4, 0.5) is 5.82 Å². The van der Waals surface area contributed by atoms with Gasteiger partial charge >= 0.3 is 0 Å². The Morgan fingerprint density at radius 3 is 2.80 bits per heavy atom. The SMILES string of the molecule is Cc1nn(-c2cccc(Cl)c2C)c2c1[C@H](C(=O)c1cc3ccccc3o1)CC(=O)N2. The van der Waals surface area contributed by atoms with Crippen LogP contribution in [-0.2, 0) is 4.79 Å². The second-order valence-corrected chi connectivity index (χ2v) is 7.87. The third-order valence-corrected chi connectivity index (χ3v) is 5.96. The van der Waals surface area contributed by atoms with Crippen molar-refractivity contribution in [3.05, 3.63) is 76.1 Å². The number of nitrogens with one attached hydrogen (secondary N) is 1. The Balaban J connectivity index is 1.64. The number of aromatic nitrogens is 2. The molecule has 4 aromatic rings. The molecule has 0 fully saturated rings. The first-order valence-corrected chi connectivity index (χ1v) is 9.99. The quantitative estimate of drug-likeness (QED) is 0.463. The highest BCUT2D eigenvalue weighted by atomic mass is 35.5. The second kappa shape index (κ2) is 6.85. The molecule has 3 heterocycles. The van der Waals surface area contributed by atoms with Gasteiger partial charge in [0.15, 0.2) is 5.76 Å². The van der Waals surface area contributed by atoms with Crippen molar-refractivity contribution < 1.29 is 14.0 Å². The molecule has 5 rings (SSSR count). The molecule has 0 radical (unpaired) electrons. The van der Waals surface area contributed by atoms with Crippen molar-refractivity contribution >= 4 is 40.1 Å². The zero-order valence-corrected chi connectivity index (χ0v) is 17.2. The number of rotatable bonds is 3. The van der Waals surface area contributed by atoms with Gasteiger partial charge in [-0.15, -0.1) is 0 Å². The number of hydrogen-bond acceptors (Lipinski definition) is 4. The van der Waals surface area contributed by atoms with Gasteiger partial charge in [-0.1, -0.05) is 35.9 Å². The lowest BCUT2D eigenvalue weighted by Gasteiger charge is -2.22. The van der Waals surface area contributed by atoms with E-state index in [1.54, 1.807) is 16.8 Å². The smallest absolute Gasteiger partial charge is 0.226 e. The van der Waals surface area contributed by atoms with Crippen LogP contribution in [0.2, 0.25) is 5.02 Å². The molecule has 7 heteroatoms. The number of anilines is 1. The summed E-state index contributed by atoms with van der Waals surface area (Å²) in [6, 6.07) is 14.7. The fraction of sp³-hybridized carbons (Fsp3) is 0.174. The van der Waals surface area contributed by atoms with Crippen LogP contribution >= 0.6 is 11.6 Å². The summed E-state index contributed by atoms with van der Waals surface area (Å²) in [6.07, 6.45) is 0.0456. The third-order valence-electron chi connectivity index (χ3n) is 5.55. The summed E-state index contributed by atoms with van der Waals surface area (Å²) in [7, 11) is 0. The summed E-state index contributed by atoms with van der Waals surface area (Å²) in [5, 5.41) is 8.97. The monoisotopic (exact) mass is 419 g/mol. The van der Waals surface area contributed by atoms with E-state index in [0.717, 1.165) is 16.6 Å². The molecule has 1 aliphatic heterocycles. The highest BCUT2D eigenvalue weighted by Crippen LogP contribution is 2.39. The third kappa shape index (κ3) is 2.83. The lowest BCUT2D eigenvalue weighted by Crippen LogP contribution is -2.28. The van der Waals surface area contributed by atoms with Crippen molar-refractivity contribution in [2.24, 2.45) is 0 Å². The largest absolute Gasteiger partial charge is 0.453 e. The van der Waals surface area contributed by atoms with Crippen LogP contribution in [0, 0.1) is 13.8 Å². The van der Waals surface area contributed by atoms with Gasteiger partial charge in [-0.2, -0.15) is 5.10 Å². The second-order valence-electron chi connectivity index (χ2n) is 7.46. The fourth-order valence-corrected chi connectivity index (χ4v) is 4.22. The first kappa shape index (κ1) is 18.6. The average molecular weight is 420 g/mol. The van der Waals surface area contributed by atoms with Crippen LogP contribution in [0.1, 0.15) is 39.7 Å². The number of fused-ring (bicyclic) bond motifs is 2. The first-order chi connectivity index (χ1) is 14.4. The number of amides is 1. The number of carbonyl (C=O) groups is 2. The molecule has 150 valence electrons. The topological polar surface area (TPSA) is 77.1 Å². The van der Waals surface area contributed by atoms with Crippen LogP contribution in [-0.4, -0.2) is 21.5 Å². The lowest BCUT2D eigenvalue weighted by atomic mass is 9.87. The molecule has 1 N–H and O–H groups in total. The molecule has 0 aliphatic carbocycles. The van der Waals surface area contributed by atoms with Crippen molar-refractivity contribution in [1.29, 1.82) is 0 Å². The highest BCUT2D eigenvalue weighted by molar-refractivity contribution is 6.31. The maximum Gasteiger partial charge on any atom is 0.226 e. The van der Waals surface area contributed by atoms with Crippen LogP contribution < -0.4 is 5.32 Å². The zero-order valence-electron chi connectivity index (χ0n) is 16.4. The van der Waals surface area contributed by atoms with E-state index in [-0.39, 0.29) is 23.9 Å². The molecule has 1 atom stereocenters. The van der Waals surface area contributed by atoms with Crippen molar-refractivity contribution in [3.63, 3.8) is 0 Å². The van der Waals surface area contributed by atoms with Gasteiger partial charge in [-0.3, -0.25) is 9.59 Å². The minimum absolute atomic E-state index is 0.0456. The summed E-state index contributed by atoms with van der Waals surface area (Å²) in [4.78, 5) is 25.9. The predicted octanol–water partition coefficient (Wildman–Crippen LogP) is 5.20. The molecule has 0 saturated carbocycles. The van der Waals surface area contributed by atoms with Crippen LogP contribution in [0.3, 0.4) is 0 Å². The number of furan rings is 1. The molecule has 0 saturated heterocycles. The van der Waals surface area contributed by atoms with Gasteiger partial charge in [0.05, 0.1) is 17.3 Å². The van der Waals surface area contributed by atoms with Gasteiger partial charge in [0.2, 0.25) is 11.7 Å². The van der Waals surface area contributed by atoms with Gasteiger partial charge in [0, 0.05) is 22.4 Å². The molecule has 1 aliphatic rings. The highest BCUT2D eigenvalue weighted by Gasteiger charge is 2.37. The predicted molar refractivity (Wildman–Crippen MR) is 115 cm³/mol. The summed E-state index contributed by atoms with van der Waals surface area (Å²) < 4.78 is 7.43. The molecule has 0 spiro atoms. The Bertz CT molecular complexity index is 1300. The van der Waals surface area contributed by atoms with Crippen molar-refractivity contribution in [2.75, 3.05) is 5.32 Å². The zero-order chi connectivity index (χ0) is 21.0. The molecule has 0 unspecified atom stereocenters. The van der Waals surface area contributed by atoms with E-state index < -0.39 is 5.92 Å². The number of aryl methyl sites for hydroxylation is 1. The van der Waals surface area contributed by atoms with E-state index in [1.165, 1.54) is 0 Å². The number of carbonyl (C=O) groups excluding carboxylic acids is 2. The number of para-hydroxylation sites is 1. The molecule has 30 heavy (non-hydrogen) atoms. The van der Waals surface area contributed by atoms with Gasteiger partial charge in [-0.25, -0.2) is 4.68 Å². The van der Waals surface area contributed by atoms with E-state index >= 15 is 0 Å². The Morgan fingerprint density at radius 2 is 2.00 bits per heavy atom. The van der Waals surface area contributed by atoms with E-state index in [0.29, 0.717) is 27.7 Å². The number of ketones is 1. The van der Waals surface area contributed by atoms with E-state index in [1.807, 2.05) is 50.2 Å². The minimum atomic E-state index is -0.664. The molecule has 2 aromatic heterocycles. The maximum absolute atomic E-state index is 13.4. The van der Waals surface area contributed by atoms with Gasteiger partial charge < -0.3 is 9.73 Å². The van der Waals surface area contributed by atoms with E-state index in [4.69, 9.17) is 16.0 Å². The van der Waals surface area contributed by atoms with Gasteiger partial charge in [0.1, 0.15) is 11.4 Å². The van der Waals surface area contributed by atoms with Gasteiger partial charge in [-0.05, 0) is 43.7 Å². The number of halogens is 1. The number of Topliss-reactive ketones (excluding diaryl/α,β-unsaturated/α-hetero) is 1. The molecule has 1 amide bonds. The van der Waals surface area contributed by atoms with Crippen LogP contribution in [0.15, 0.2) is 52.9 Å². The Labute approximate surface area is 177 Å². The van der Waals surface area contributed by atoms with Crippen molar-refractivity contribution in [3.8, 4) is 5.69 Å². The van der Waals surface area contributed by atoms with Crippen molar-refractivity contribution in [2.45, 2.75) is 26.2 Å². The Hall–Kier alpha value is -3.38. The lowest BCUT2D eigenvalue weighted by molar-refractivity contribution is -0.116.